The molecule has 1 amide bonds. The Morgan fingerprint density at radius 3 is 2.63 bits per heavy atom. The number of nitro benzene ring substituents is 1. The van der Waals surface area contributed by atoms with E-state index in [1.54, 1.807) is 32.2 Å². The summed E-state index contributed by atoms with van der Waals surface area (Å²) in [6, 6.07) is 9.80. The number of nitrogens with one attached hydrogen (secondary N) is 1. The Balaban J connectivity index is 2.00. The Bertz CT molecular complexity index is 908. The number of amides is 1. The number of nitro groups is 1. The summed E-state index contributed by atoms with van der Waals surface area (Å²) in [4.78, 5) is 22.7. The number of aryl methyl sites for hydroxylation is 1. The van der Waals surface area contributed by atoms with Crippen molar-refractivity contribution in [3.05, 3.63) is 63.7 Å². The van der Waals surface area contributed by atoms with E-state index >= 15 is 0 Å². The summed E-state index contributed by atoms with van der Waals surface area (Å²) in [6.07, 6.45) is 7.53. The van der Waals surface area contributed by atoms with Gasteiger partial charge >= 0.3 is 0 Å². The number of hydrogen-bond donors (Lipinski definition) is 1. The van der Waals surface area contributed by atoms with Crippen LogP contribution in [-0.4, -0.2) is 24.5 Å². The van der Waals surface area contributed by atoms with Crippen molar-refractivity contribution in [1.29, 1.82) is 0 Å². The molecule has 1 N–H and O–H groups in total. The average Bonchev–Trinajstić information content (AvgIpc) is 2.74. The lowest BCUT2D eigenvalue weighted by Crippen LogP contribution is -2.09. The first kappa shape index (κ1) is 22.9. The molecular weight excluding hydrogens is 384 g/mol. The number of unbranched alkanes of at least 4 members (excludes halogenated alkanes) is 3. The molecule has 0 aliphatic heterocycles. The highest BCUT2D eigenvalue weighted by atomic mass is 16.6. The zero-order chi connectivity index (χ0) is 21.9. The summed E-state index contributed by atoms with van der Waals surface area (Å²) in [5.41, 5.74) is 1.85. The zero-order valence-electron chi connectivity index (χ0n) is 17.6. The van der Waals surface area contributed by atoms with Gasteiger partial charge in [0.2, 0.25) is 5.91 Å². The third kappa shape index (κ3) is 6.92. The number of hydrogen-bond acceptors (Lipinski definition) is 5. The van der Waals surface area contributed by atoms with Crippen molar-refractivity contribution in [3.8, 4) is 11.5 Å². The van der Waals surface area contributed by atoms with Gasteiger partial charge in [-0.1, -0.05) is 38.3 Å². The van der Waals surface area contributed by atoms with Gasteiger partial charge < -0.3 is 14.8 Å². The second kappa shape index (κ2) is 11.6. The molecule has 0 atom stereocenters. The van der Waals surface area contributed by atoms with Crippen LogP contribution in [0, 0.1) is 17.0 Å². The molecule has 0 aliphatic rings. The van der Waals surface area contributed by atoms with E-state index in [1.807, 2.05) is 12.1 Å². The summed E-state index contributed by atoms with van der Waals surface area (Å²) < 4.78 is 11.2. The lowest BCUT2D eigenvalue weighted by atomic mass is 10.1. The number of carbonyl (C=O) groups excluding carboxylic acids is 1. The van der Waals surface area contributed by atoms with E-state index in [0.29, 0.717) is 23.8 Å². The standard InChI is InChI=1S/C23H28N2O5/c1-4-5-6-7-14-30-21-12-9-18(15-22(21)29-3)10-13-23(26)24-20-16-19(25(27)28)11-8-17(20)2/h8-13,15-16H,4-7,14H2,1-3H3,(H,24,26)/b13-10+. The summed E-state index contributed by atoms with van der Waals surface area (Å²) in [6.45, 7) is 4.58. The Hall–Kier alpha value is -3.35. The van der Waals surface area contributed by atoms with Gasteiger partial charge in [0, 0.05) is 18.2 Å². The molecule has 0 unspecified atom stereocenters. The van der Waals surface area contributed by atoms with Crippen molar-refractivity contribution < 1.29 is 19.2 Å². The van der Waals surface area contributed by atoms with Crippen molar-refractivity contribution in [1.82, 2.24) is 0 Å². The van der Waals surface area contributed by atoms with Gasteiger partial charge in [-0.3, -0.25) is 14.9 Å². The van der Waals surface area contributed by atoms with Crippen LogP contribution in [0.4, 0.5) is 11.4 Å². The number of anilines is 1. The highest BCUT2D eigenvalue weighted by Crippen LogP contribution is 2.29. The maximum Gasteiger partial charge on any atom is 0.271 e. The highest BCUT2D eigenvalue weighted by molar-refractivity contribution is 6.02. The van der Waals surface area contributed by atoms with Crippen LogP contribution in [0.2, 0.25) is 0 Å². The number of methoxy groups -OCH3 is 1. The number of carbonyl (C=O) groups is 1. The minimum Gasteiger partial charge on any atom is -0.493 e. The number of ether oxygens (including phenoxy) is 2. The molecule has 30 heavy (non-hydrogen) atoms. The molecule has 0 heterocycles. The molecule has 7 heteroatoms. The first-order valence-electron chi connectivity index (χ1n) is 9.99. The Morgan fingerprint density at radius 2 is 1.93 bits per heavy atom. The Morgan fingerprint density at radius 1 is 1.13 bits per heavy atom. The van der Waals surface area contributed by atoms with Crippen LogP contribution in [0.15, 0.2) is 42.5 Å². The number of nitrogens with zero attached hydrogens (tertiary/aromatic N) is 1. The van der Waals surface area contributed by atoms with Gasteiger partial charge in [-0.15, -0.1) is 0 Å². The monoisotopic (exact) mass is 412 g/mol. The van der Waals surface area contributed by atoms with Crippen molar-refractivity contribution in [2.75, 3.05) is 19.0 Å². The maximum atomic E-state index is 12.2. The third-order valence-corrected chi connectivity index (χ3v) is 4.56. The van der Waals surface area contributed by atoms with Gasteiger partial charge in [0.1, 0.15) is 0 Å². The summed E-state index contributed by atoms with van der Waals surface area (Å²) in [5, 5.41) is 13.6. The fourth-order valence-electron chi connectivity index (χ4n) is 2.82. The molecule has 0 fully saturated rings. The van der Waals surface area contributed by atoms with Crippen molar-refractivity contribution >= 4 is 23.4 Å². The average molecular weight is 412 g/mol. The summed E-state index contributed by atoms with van der Waals surface area (Å²) in [5.74, 6) is 0.888. The molecule has 0 radical (unpaired) electrons. The molecule has 2 rings (SSSR count). The van der Waals surface area contributed by atoms with Gasteiger partial charge in [-0.25, -0.2) is 0 Å². The molecule has 2 aromatic rings. The second-order valence-electron chi connectivity index (χ2n) is 6.90. The minimum absolute atomic E-state index is 0.0742. The fraction of sp³-hybridized carbons (Fsp3) is 0.348. The maximum absolute atomic E-state index is 12.2. The van der Waals surface area contributed by atoms with Gasteiger partial charge in [0.05, 0.1) is 24.3 Å². The van der Waals surface area contributed by atoms with Gasteiger partial charge in [0.15, 0.2) is 11.5 Å². The summed E-state index contributed by atoms with van der Waals surface area (Å²) in [7, 11) is 1.57. The number of benzene rings is 2. The van der Waals surface area contributed by atoms with Crippen molar-refractivity contribution in [2.24, 2.45) is 0 Å². The molecule has 0 saturated heterocycles. The zero-order valence-corrected chi connectivity index (χ0v) is 17.6. The molecule has 0 aliphatic carbocycles. The van der Waals surface area contributed by atoms with E-state index in [0.717, 1.165) is 24.0 Å². The number of rotatable bonds is 11. The van der Waals surface area contributed by atoms with Gasteiger partial charge in [0.25, 0.3) is 5.69 Å². The molecular formula is C23H28N2O5. The predicted molar refractivity (Wildman–Crippen MR) is 118 cm³/mol. The normalized spacial score (nSPS) is 10.8. The van der Waals surface area contributed by atoms with Crippen LogP contribution >= 0.6 is 0 Å². The Labute approximate surface area is 176 Å². The van der Waals surface area contributed by atoms with Gasteiger partial charge in [-0.2, -0.15) is 0 Å². The molecule has 0 saturated carbocycles. The molecule has 7 nitrogen and oxygen atoms in total. The lowest BCUT2D eigenvalue weighted by molar-refractivity contribution is -0.384. The van der Waals surface area contributed by atoms with E-state index in [-0.39, 0.29) is 11.6 Å². The predicted octanol–water partition coefficient (Wildman–Crippen LogP) is 5.52. The van der Waals surface area contributed by atoms with Crippen LogP contribution in [0.1, 0.15) is 43.7 Å². The third-order valence-electron chi connectivity index (χ3n) is 4.56. The van der Waals surface area contributed by atoms with E-state index in [9.17, 15) is 14.9 Å². The molecule has 0 bridgehead atoms. The quantitative estimate of drug-likeness (QED) is 0.227. The smallest absolute Gasteiger partial charge is 0.271 e. The summed E-state index contributed by atoms with van der Waals surface area (Å²) >= 11 is 0. The number of non-ortho nitro benzene ring substituents is 1. The largest absolute Gasteiger partial charge is 0.493 e. The van der Waals surface area contributed by atoms with E-state index < -0.39 is 4.92 Å². The van der Waals surface area contributed by atoms with Crippen LogP contribution < -0.4 is 14.8 Å². The molecule has 2 aromatic carbocycles. The van der Waals surface area contributed by atoms with Crippen molar-refractivity contribution in [3.63, 3.8) is 0 Å². The van der Waals surface area contributed by atoms with Crippen LogP contribution in [-0.2, 0) is 4.79 Å². The molecule has 0 spiro atoms. The topological polar surface area (TPSA) is 90.7 Å². The van der Waals surface area contributed by atoms with E-state index in [4.69, 9.17) is 9.47 Å². The first-order chi connectivity index (χ1) is 14.4. The Kier molecular flexibility index (Phi) is 8.87. The highest BCUT2D eigenvalue weighted by Gasteiger charge is 2.10. The van der Waals surface area contributed by atoms with Crippen LogP contribution in [0.5, 0.6) is 11.5 Å². The fourth-order valence-corrected chi connectivity index (χ4v) is 2.82. The SMILES string of the molecule is CCCCCCOc1ccc(/C=C/C(=O)Nc2cc([N+](=O)[O-])ccc2C)cc1OC. The minimum atomic E-state index is -0.495. The van der Waals surface area contributed by atoms with Crippen LogP contribution in [0.3, 0.4) is 0 Å². The van der Waals surface area contributed by atoms with E-state index in [2.05, 4.69) is 12.2 Å². The lowest BCUT2D eigenvalue weighted by Gasteiger charge is -2.11. The first-order valence-corrected chi connectivity index (χ1v) is 9.99. The molecule has 160 valence electrons. The van der Waals surface area contributed by atoms with E-state index in [1.165, 1.54) is 31.1 Å². The van der Waals surface area contributed by atoms with Crippen LogP contribution in [0.25, 0.3) is 6.08 Å². The van der Waals surface area contributed by atoms with Gasteiger partial charge in [-0.05, 0) is 42.7 Å². The molecule has 0 aromatic heterocycles. The van der Waals surface area contributed by atoms with Crippen molar-refractivity contribution in [2.45, 2.75) is 39.5 Å². The second-order valence-corrected chi connectivity index (χ2v) is 6.90.